The first kappa shape index (κ1) is 17.5. The van der Waals surface area contributed by atoms with Gasteiger partial charge >= 0.3 is 6.03 Å². The maximum Gasteiger partial charge on any atom is 0.317 e. The highest BCUT2D eigenvalue weighted by Crippen LogP contribution is 2.29. The summed E-state index contributed by atoms with van der Waals surface area (Å²) in [5, 5.41) is 13.4. The van der Waals surface area contributed by atoms with Crippen LogP contribution in [-0.2, 0) is 13.5 Å². The average Bonchev–Trinajstić information content (AvgIpc) is 3.22. The average molecular weight is 346 g/mol. The van der Waals surface area contributed by atoms with E-state index in [-0.39, 0.29) is 11.9 Å². The topological polar surface area (TPSA) is 83.5 Å². The third-order valence-corrected chi connectivity index (χ3v) is 4.84. The smallest absolute Gasteiger partial charge is 0.317 e. The molecule has 2 aromatic heterocycles. The Bertz CT molecular complexity index is 701. The quantitative estimate of drug-likeness (QED) is 0.867. The van der Waals surface area contributed by atoms with Gasteiger partial charge in [-0.1, -0.05) is 0 Å². The monoisotopic (exact) mass is 346 g/mol. The molecule has 0 saturated carbocycles. The molecule has 0 radical (unpaired) electrons. The largest absolute Gasteiger partial charge is 0.466 e. The molecule has 1 fully saturated rings. The highest BCUT2D eigenvalue weighted by Gasteiger charge is 2.29. The first-order valence-corrected chi connectivity index (χ1v) is 8.78. The molecule has 0 bridgehead atoms. The van der Waals surface area contributed by atoms with E-state index in [1.165, 1.54) is 0 Å². The van der Waals surface area contributed by atoms with Gasteiger partial charge in [0.2, 0.25) is 0 Å². The molecular formula is C18H26N4O3. The normalized spacial score (nSPS) is 16.8. The number of hydrogen-bond acceptors (Lipinski definition) is 4. The van der Waals surface area contributed by atoms with Crippen molar-refractivity contribution < 1.29 is 14.3 Å². The van der Waals surface area contributed by atoms with Crippen molar-refractivity contribution in [1.29, 1.82) is 0 Å². The van der Waals surface area contributed by atoms with E-state index >= 15 is 0 Å². The molecule has 1 atom stereocenters. The molecule has 0 spiro atoms. The number of amides is 2. The number of hydrogen-bond donors (Lipinski definition) is 2. The van der Waals surface area contributed by atoms with E-state index < -0.39 is 6.10 Å². The van der Waals surface area contributed by atoms with Gasteiger partial charge in [0.05, 0.1) is 0 Å². The van der Waals surface area contributed by atoms with Crippen molar-refractivity contribution in [2.45, 2.75) is 32.3 Å². The van der Waals surface area contributed by atoms with Crippen LogP contribution in [0.4, 0.5) is 4.79 Å². The number of piperidine rings is 1. The molecule has 25 heavy (non-hydrogen) atoms. The first-order valence-electron chi connectivity index (χ1n) is 8.78. The van der Waals surface area contributed by atoms with Crippen LogP contribution in [0, 0.1) is 12.8 Å². The zero-order valence-electron chi connectivity index (χ0n) is 14.8. The van der Waals surface area contributed by atoms with Gasteiger partial charge in [-0.2, -0.15) is 0 Å². The molecule has 1 saturated heterocycles. The zero-order valence-corrected chi connectivity index (χ0v) is 14.8. The number of furan rings is 1. The molecular weight excluding hydrogens is 320 g/mol. The Balaban J connectivity index is 1.42. The van der Waals surface area contributed by atoms with Crippen LogP contribution in [0.15, 0.2) is 28.9 Å². The van der Waals surface area contributed by atoms with E-state index in [1.807, 2.05) is 41.8 Å². The van der Waals surface area contributed by atoms with Gasteiger partial charge in [-0.05, 0) is 37.8 Å². The van der Waals surface area contributed by atoms with Crippen molar-refractivity contribution >= 4 is 6.03 Å². The lowest BCUT2D eigenvalue weighted by Gasteiger charge is -2.34. The molecule has 1 aliphatic rings. The van der Waals surface area contributed by atoms with Gasteiger partial charge < -0.3 is 24.3 Å². The van der Waals surface area contributed by atoms with Crippen molar-refractivity contribution in [3.63, 3.8) is 0 Å². The molecule has 0 unspecified atom stereocenters. The maximum absolute atomic E-state index is 12.3. The number of carbonyl (C=O) groups is 1. The number of rotatable bonds is 5. The number of nitrogens with zero attached hydrogens (tertiary/aromatic N) is 3. The fourth-order valence-corrected chi connectivity index (χ4v) is 3.32. The number of likely N-dealkylation sites (tertiary alicyclic amines) is 1. The third-order valence-electron chi connectivity index (χ3n) is 4.84. The Morgan fingerprint density at radius 3 is 2.80 bits per heavy atom. The highest BCUT2D eigenvalue weighted by atomic mass is 16.3. The Kier molecular flexibility index (Phi) is 5.43. The van der Waals surface area contributed by atoms with E-state index in [1.54, 1.807) is 6.20 Å². The van der Waals surface area contributed by atoms with Gasteiger partial charge in [0.25, 0.3) is 0 Å². The molecule has 7 nitrogen and oxygen atoms in total. The summed E-state index contributed by atoms with van der Waals surface area (Å²) in [6, 6.07) is 3.81. The molecule has 2 amide bonds. The number of imidazole rings is 1. The molecule has 2 N–H and O–H groups in total. The predicted octanol–water partition coefficient (Wildman–Crippen LogP) is 2.02. The van der Waals surface area contributed by atoms with Crippen LogP contribution in [0.5, 0.6) is 0 Å². The standard InChI is InChI=1S/C18H26N4O3/c1-13-3-4-15(25-13)5-8-20-18(24)22-10-6-14(7-11-22)16(23)17-19-9-12-21(17)2/h3-4,9,12,14,16,23H,5-8,10-11H2,1-2H3,(H,20,24)/t16-/m1/s1. The van der Waals surface area contributed by atoms with Gasteiger partial charge in [0.1, 0.15) is 23.4 Å². The number of urea groups is 1. The Morgan fingerprint density at radius 1 is 1.44 bits per heavy atom. The van der Waals surface area contributed by atoms with Gasteiger partial charge in [0, 0.05) is 45.5 Å². The molecule has 1 aliphatic heterocycles. The number of aryl methyl sites for hydroxylation is 2. The summed E-state index contributed by atoms with van der Waals surface area (Å²) in [5.41, 5.74) is 0. The van der Waals surface area contributed by atoms with E-state index in [0.29, 0.717) is 31.9 Å². The van der Waals surface area contributed by atoms with Gasteiger partial charge in [0.15, 0.2) is 0 Å². The van der Waals surface area contributed by atoms with Crippen LogP contribution in [0.25, 0.3) is 0 Å². The van der Waals surface area contributed by atoms with Crippen LogP contribution in [0.1, 0.15) is 36.3 Å². The minimum Gasteiger partial charge on any atom is -0.466 e. The molecule has 3 heterocycles. The van der Waals surface area contributed by atoms with E-state index in [9.17, 15) is 9.90 Å². The second-order valence-electron chi connectivity index (χ2n) is 6.66. The highest BCUT2D eigenvalue weighted by molar-refractivity contribution is 5.74. The summed E-state index contributed by atoms with van der Waals surface area (Å²) in [4.78, 5) is 18.3. The second kappa shape index (κ2) is 7.74. The van der Waals surface area contributed by atoms with Crippen LogP contribution >= 0.6 is 0 Å². The van der Waals surface area contributed by atoms with Crippen LogP contribution in [0.3, 0.4) is 0 Å². The van der Waals surface area contributed by atoms with Crippen molar-refractivity contribution in [2.24, 2.45) is 13.0 Å². The van der Waals surface area contributed by atoms with Crippen LogP contribution in [0.2, 0.25) is 0 Å². The van der Waals surface area contributed by atoms with E-state index in [0.717, 1.165) is 24.4 Å². The molecule has 7 heteroatoms. The lowest BCUT2D eigenvalue weighted by molar-refractivity contribution is 0.0584. The fourth-order valence-electron chi connectivity index (χ4n) is 3.32. The molecule has 3 rings (SSSR count). The maximum atomic E-state index is 12.3. The third kappa shape index (κ3) is 4.22. The summed E-state index contributed by atoms with van der Waals surface area (Å²) in [6.07, 6.45) is 5.20. The minimum atomic E-state index is -0.576. The predicted molar refractivity (Wildman–Crippen MR) is 93.0 cm³/mol. The number of aromatic nitrogens is 2. The molecule has 0 aromatic carbocycles. The van der Waals surface area contributed by atoms with Crippen LogP contribution in [-0.4, -0.2) is 45.2 Å². The van der Waals surface area contributed by atoms with Gasteiger partial charge in [-0.25, -0.2) is 9.78 Å². The number of nitrogens with one attached hydrogen (secondary N) is 1. The second-order valence-corrected chi connectivity index (χ2v) is 6.66. The molecule has 2 aromatic rings. The number of carbonyl (C=O) groups excluding carboxylic acids is 1. The SMILES string of the molecule is Cc1ccc(CCNC(=O)N2CCC([C@@H](O)c3nccn3C)CC2)o1. The first-order chi connectivity index (χ1) is 12.0. The minimum absolute atomic E-state index is 0.0480. The number of aliphatic hydroxyl groups excluding tert-OH is 1. The summed E-state index contributed by atoms with van der Waals surface area (Å²) in [7, 11) is 1.88. The van der Waals surface area contributed by atoms with E-state index in [4.69, 9.17) is 4.42 Å². The lowest BCUT2D eigenvalue weighted by atomic mass is 9.91. The van der Waals surface area contributed by atoms with Crippen molar-refractivity contribution in [3.05, 3.63) is 41.9 Å². The van der Waals surface area contributed by atoms with Crippen LogP contribution < -0.4 is 5.32 Å². The van der Waals surface area contributed by atoms with Crippen molar-refractivity contribution in [3.8, 4) is 0 Å². The Morgan fingerprint density at radius 2 is 2.20 bits per heavy atom. The van der Waals surface area contributed by atoms with Gasteiger partial charge in [-0.15, -0.1) is 0 Å². The summed E-state index contributed by atoms with van der Waals surface area (Å²) in [6.45, 7) is 3.77. The van der Waals surface area contributed by atoms with E-state index in [2.05, 4.69) is 10.3 Å². The number of aliphatic hydroxyl groups is 1. The van der Waals surface area contributed by atoms with Gasteiger partial charge in [-0.3, -0.25) is 0 Å². The van der Waals surface area contributed by atoms with Crippen molar-refractivity contribution in [1.82, 2.24) is 19.8 Å². The van der Waals surface area contributed by atoms with Crippen molar-refractivity contribution in [2.75, 3.05) is 19.6 Å². The summed E-state index contributed by atoms with van der Waals surface area (Å²) in [5.74, 6) is 2.59. The molecule has 0 aliphatic carbocycles. The zero-order chi connectivity index (χ0) is 17.8. The Labute approximate surface area is 147 Å². The lowest BCUT2D eigenvalue weighted by Crippen LogP contribution is -2.45. The summed E-state index contributed by atoms with van der Waals surface area (Å²) >= 11 is 0. The summed E-state index contributed by atoms with van der Waals surface area (Å²) < 4.78 is 7.34. The fraction of sp³-hybridized carbons (Fsp3) is 0.556. The Hall–Kier alpha value is -2.28. The molecule has 136 valence electrons.